The lowest BCUT2D eigenvalue weighted by Crippen LogP contribution is -2.35. The Morgan fingerprint density at radius 2 is 2.16 bits per heavy atom. The minimum Gasteiger partial charge on any atom is -0.398 e. The van der Waals surface area contributed by atoms with E-state index in [1.807, 2.05) is 23.1 Å². The Bertz CT molecular complexity index is 471. The highest BCUT2D eigenvalue weighted by atomic mass is 35.5. The van der Waals surface area contributed by atoms with Gasteiger partial charge in [0.2, 0.25) is 5.91 Å². The Labute approximate surface area is 120 Å². The van der Waals surface area contributed by atoms with E-state index in [9.17, 15) is 4.79 Å². The Hall–Kier alpha value is -1.22. The van der Waals surface area contributed by atoms with Crippen molar-refractivity contribution in [1.82, 2.24) is 0 Å². The number of rotatable bonds is 3. The summed E-state index contributed by atoms with van der Waals surface area (Å²) in [6.45, 7) is 0.847. The average Bonchev–Trinajstić information content (AvgIpc) is 3.20. The van der Waals surface area contributed by atoms with Crippen LogP contribution in [-0.4, -0.2) is 12.5 Å². The Morgan fingerprint density at radius 1 is 1.37 bits per heavy atom. The third kappa shape index (κ3) is 3.03. The number of carbonyl (C=O) groups is 1. The first kappa shape index (κ1) is 14.2. The van der Waals surface area contributed by atoms with Gasteiger partial charge in [-0.2, -0.15) is 0 Å². The van der Waals surface area contributed by atoms with Crippen molar-refractivity contribution < 1.29 is 4.79 Å². The van der Waals surface area contributed by atoms with Crippen molar-refractivity contribution in [1.29, 1.82) is 0 Å². The molecule has 19 heavy (non-hydrogen) atoms. The molecule has 1 aliphatic carbocycles. The predicted molar refractivity (Wildman–Crippen MR) is 80.7 cm³/mol. The maximum Gasteiger partial charge on any atom is 0.226 e. The molecule has 104 valence electrons. The molecular formula is C15H21ClN2O. The third-order valence-electron chi connectivity index (χ3n) is 4.05. The van der Waals surface area contributed by atoms with Crippen LogP contribution in [0.1, 0.15) is 37.7 Å². The number of hydrogen-bond donors (Lipinski definition) is 1. The quantitative estimate of drug-likeness (QED) is 0.865. The second-order valence-electron chi connectivity index (χ2n) is 5.48. The molecule has 4 heteroatoms. The number of fused-ring (bicyclic) bond motifs is 1. The van der Waals surface area contributed by atoms with Crippen molar-refractivity contribution in [2.24, 2.45) is 5.92 Å². The molecule has 3 rings (SSSR count). The molecule has 1 aliphatic heterocycles. The summed E-state index contributed by atoms with van der Waals surface area (Å²) in [6.07, 6.45) is 6.41. The van der Waals surface area contributed by atoms with Crippen molar-refractivity contribution in [3.05, 3.63) is 23.8 Å². The zero-order valence-corrected chi connectivity index (χ0v) is 11.9. The van der Waals surface area contributed by atoms with Gasteiger partial charge in [0.1, 0.15) is 0 Å². The van der Waals surface area contributed by atoms with Crippen LogP contribution >= 0.6 is 12.4 Å². The van der Waals surface area contributed by atoms with E-state index < -0.39 is 0 Å². The first-order chi connectivity index (χ1) is 8.75. The van der Waals surface area contributed by atoms with Gasteiger partial charge < -0.3 is 10.6 Å². The standard InChI is InChI=1S/C15H20N2O.ClH/c16-13-4-1-5-14-12(13)3-2-10-17(14)15(18)9-8-11-6-7-11;/h1,4-5,11H,2-3,6-10,16H2;1H. The summed E-state index contributed by atoms with van der Waals surface area (Å²) >= 11 is 0. The van der Waals surface area contributed by atoms with Crippen molar-refractivity contribution >= 4 is 29.7 Å². The summed E-state index contributed by atoms with van der Waals surface area (Å²) in [7, 11) is 0. The fourth-order valence-electron chi connectivity index (χ4n) is 2.78. The molecule has 3 nitrogen and oxygen atoms in total. The number of halogens is 1. The third-order valence-corrected chi connectivity index (χ3v) is 4.05. The van der Waals surface area contributed by atoms with E-state index in [1.54, 1.807) is 0 Å². The van der Waals surface area contributed by atoms with Crippen LogP contribution in [0.15, 0.2) is 18.2 Å². The largest absolute Gasteiger partial charge is 0.398 e. The number of amides is 1. The van der Waals surface area contributed by atoms with E-state index in [1.165, 1.54) is 12.8 Å². The Kier molecular flexibility index (Phi) is 4.35. The van der Waals surface area contributed by atoms with Gasteiger partial charge in [0.05, 0.1) is 0 Å². The molecule has 1 aromatic carbocycles. The molecule has 1 amide bonds. The minimum absolute atomic E-state index is 0. The lowest BCUT2D eigenvalue weighted by atomic mass is 9.99. The highest BCUT2D eigenvalue weighted by molar-refractivity contribution is 5.95. The molecule has 0 spiro atoms. The molecule has 2 N–H and O–H groups in total. The topological polar surface area (TPSA) is 46.3 Å². The van der Waals surface area contributed by atoms with E-state index in [4.69, 9.17) is 5.73 Å². The zero-order chi connectivity index (χ0) is 12.5. The predicted octanol–water partition coefficient (Wildman–Crippen LogP) is 3.16. The smallest absolute Gasteiger partial charge is 0.226 e. The van der Waals surface area contributed by atoms with E-state index in [0.717, 1.165) is 48.7 Å². The molecule has 0 atom stereocenters. The molecule has 1 heterocycles. The van der Waals surface area contributed by atoms with E-state index in [-0.39, 0.29) is 18.3 Å². The maximum absolute atomic E-state index is 12.3. The molecule has 0 saturated heterocycles. The summed E-state index contributed by atoms with van der Waals surface area (Å²) in [5.41, 5.74) is 9.02. The second kappa shape index (κ2) is 5.83. The van der Waals surface area contributed by atoms with Crippen LogP contribution in [-0.2, 0) is 11.2 Å². The lowest BCUT2D eigenvalue weighted by molar-refractivity contribution is -0.118. The van der Waals surface area contributed by atoms with Crippen LogP contribution in [0.4, 0.5) is 11.4 Å². The van der Waals surface area contributed by atoms with E-state index >= 15 is 0 Å². The van der Waals surface area contributed by atoms with Gasteiger partial charge in [-0.25, -0.2) is 0 Å². The van der Waals surface area contributed by atoms with Crippen LogP contribution in [0, 0.1) is 5.92 Å². The first-order valence-electron chi connectivity index (χ1n) is 6.93. The van der Waals surface area contributed by atoms with Crippen molar-refractivity contribution in [2.45, 2.75) is 38.5 Å². The normalized spacial score (nSPS) is 17.6. The highest BCUT2D eigenvalue weighted by Crippen LogP contribution is 2.35. The SMILES string of the molecule is Cl.Nc1cccc2c1CCCN2C(=O)CCC1CC1. The van der Waals surface area contributed by atoms with Gasteiger partial charge in [-0.1, -0.05) is 18.9 Å². The van der Waals surface area contributed by atoms with E-state index in [0.29, 0.717) is 6.42 Å². The van der Waals surface area contributed by atoms with Crippen LogP contribution in [0.2, 0.25) is 0 Å². The van der Waals surface area contributed by atoms with Gasteiger partial charge in [0.25, 0.3) is 0 Å². The molecular weight excluding hydrogens is 260 g/mol. The monoisotopic (exact) mass is 280 g/mol. The summed E-state index contributed by atoms with van der Waals surface area (Å²) in [4.78, 5) is 14.2. The molecule has 0 unspecified atom stereocenters. The summed E-state index contributed by atoms with van der Waals surface area (Å²) in [5, 5.41) is 0. The van der Waals surface area contributed by atoms with E-state index in [2.05, 4.69) is 0 Å². The zero-order valence-electron chi connectivity index (χ0n) is 11.1. The molecule has 0 radical (unpaired) electrons. The number of nitrogens with two attached hydrogens (primary N) is 1. The summed E-state index contributed by atoms with van der Waals surface area (Å²) in [5.74, 6) is 1.09. The average molecular weight is 281 g/mol. The maximum atomic E-state index is 12.3. The van der Waals surface area contributed by atoms with Crippen molar-refractivity contribution in [2.75, 3.05) is 17.2 Å². The lowest BCUT2D eigenvalue weighted by Gasteiger charge is -2.30. The summed E-state index contributed by atoms with van der Waals surface area (Å²) in [6, 6.07) is 5.90. The Morgan fingerprint density at radius 3 is 2.89 bits per heavy atom. The molecule has 0 bridgehead atoms. The summed E-state index contributed by atoms with van der Waals surface area (Å²) < 4.78 is 0. The van der Waals surface area contributed by atoms with Gasteiger partial charge >= 0.3 is 0 Å². The molecule has 1 fully saturated rings. The molecule has 1 saturated carbocycles. The fraction of sp³-hybridized carbons (Fsp3) is 0.533. The fourth-order valence-corrected chi connectivity index (χ4v) is 2.78. The van der Waals surface area contributed by atoms with Gasteiger partial charge in [-0.15, -0.1) is 12.4 Å². The molecule has 2 aliphatic rings. The minimum atomic E-state index is 0. The Balaban J connectivity index is 0.00000133. The van der Waals surface area contributed by atoms with Crippen molar-refractivity contribution in [3.8, 4) is 0 Å². The molecule has 0 aromatic heterocycles. The number of carbonyl (C=O) groups excluding carboxylic acids is 1. The number of benzene rings is 1. The highest BCUT2D eigenvalue weighted by Gasteiger charge is 2.26. The second-order valence-corrected chi connectivity index (χ2v) is 5.48. The van der Waals surface area contributed by atoms with Gasteiger partial charge in [-0.05, 0) is 42.9 Å². The number of hydrogen-bond acceptors (Lipinski definition) is 2. The van der Waals surface area contributed by atoms with Gasteiger partial charge in [0, 0.05) is 24.3 Å². The number of anilines is 2. The van der Waals surface area contributed by atoms with Crippen molar-refractivity contribution in [3.63, 3.8) is 0 Å². The molecule has 1 aromatic rings. The van der Waals surface area contributed by atoms with Crippen LogP contribution in [0.5, 0.6) is 0 Å². The van der Waals surface area contributed by atoms with Crippen LogP contribution < -0.4 is 10.6 Å². The first-order valence-corrected chi connectivity index (χ1v) is 6.93. The number of nitrogens with zero attached hydrogens (tertiary/aromatic N) is 1. The van der Waals surface area contributed by atoms with Crippen LogP contribution in [0.3, 0.4) is 0 Å². The number of nitrogen functional groups attached to an aromatic ring is 1. The van der Waals surface area contributed by atoms with Gasteiger partial charge in [0.15, 0.2) is 0 Å². The van der Waals surface area contributed by atoms with Gasteiger partial charge in [-0.3, -0.25) is 4.79 Å². The van der Waals surface area contributed by atoms with Crippen LogP contribution in [0.25, 0.3) is 0 Å².